The first kappa shape index (κ1) is 10.7. The van der Waals surface area contributed by atoms with Crippen molar-refractivity contribution in [1.82, 2.24) is 0 Å². The van der Waals surface area contributed by atoms with Crippen LogP contribution >= 0.6 is 23.2 Å². The summed E-state index contributed by atoms with van der Waals surface area (Å²) in [5.41, 5.74) is 0.992. The maximum Gasteiger partial charge on any atom is 0.0441 e. The van der Waals surface area contributed by atoms with E-state index < -0.39 is 0 Å². The minimum atomic E-state index is 0.673. The van der Waals surface area contributed by atoms with Gasteiger partial charge in [-0.15, -0.1) is 0 Å². The fraction of sp³-hybridized carbons (Fsp3) is 0.400. The minimum absolute atomic E-state index is 0.673. The quantitative estimate of drug-likeness (QED) is 0.746. The van der Waals surface area contributed by atoms with Crippen molar-refractivity contribution in [3.63, 3.8) is 0 Å². The van der Waals surface area contributed by atoms with E-state index in [9.17, 15) is 0 Å². The normalized spacial score (nSPS) is 10.1. The van der Waals surface area contributed by atoms with Gasteiger partial charge in [0.05, 0.1) is 0 Å². The van der Waals surface area contributed by atoms with Crippen LogP contribution in [0.2, 0.25) is 10.0 Å². The van der Waals surface area contributed by atoms with Gasteiger partial charge in [-0.25, -0.2) is 0 Å². The van der Waals surface area contributed by atoms with Crippen LogP contribution in [0.1, 0.15) is 19.8 Å². The average Bonchev–Trinajstić information content (AvgIpc) is 2.03. The van der Waals surface area contributed by atoms with Crippen molar-refractivity contribution in [2.75, 3.05) is 11.9 Å². The zero-order valence-electron chi connectivity index (χ0n) is 7.61. The molecule has 0 heterocycles. The van der Waals surface area contributed by atoms with Crippen LogP contribution in [-0.4, -0.2) is 6.54 Å². The molecule has 0 aliphatic heterocycles. The Morgan fingerprint density at radius 1 is 1.15 bits per heavy atom. The molecule has 1 aromatic rings. The van der Waals surface area contributed by atoms with E-state index in [1.807, 2.05) is 12.1 Å². The molecule has 1 N–H and O–H groups in total. The Morgan fingerprint density at radius 2 is 1.77 bits per heavy atom. The Kier molecular flexibility index (Phi) is 4.40. The van der Waals surface area contributed by atoms with Crippen LogP contribution in [0.25, 0.3) is 0 Å². The molecule has 1 aromatic carbocycles. The van der Waals surface area contributed by atoms with E-state index in [1.165, 1.54) is 6.42 Å². The minimum Gasteiger partial charge on any atom is -0.385 e. The number of anilines is 1. The molecule has 0 aliphatic rings. The van der Waals surface area contributed by atoms with Gasteiger partial charge in [-0.1, -0.05) is 36.5 Å². The van der Waals surface area contributed by atoms with Crippen molar-refractivity contribution in [1.29, 1.82) is 0 Å². The Hall–Kier alpha value is -0.400. The molecule has 0 atom stereocenters. The summed E-state index contributed by atoms with van der Waals surface area (Å²) in [6, 6.07) is 5.49. The maximum atomic E-state index is 5.84. The lowest BCUT2D eigenvalue weighted by molar-refractivity contribution is 0.834. The molecule has 0 aliphatic carbocycles. The van der Waals surface area contributed by atoms with Crippen molar-refractivity contribution in [3.8, 4) is 0 Å². The number of unbranched alkanes of at least 4 members (excludes halogenated alkanes) is 1. The second kappa shape index (κ2) is 5.36. The van der Waals surface area contributed by atoms with E-state index in [1.54, 1.807) is 6.07 Å². The summed E-state index contributed by atoms with van der Waals surface area (Å²) >= 11 is 11.7. The number of benzene rings is 1. The van der Waals surface area contributed by atoms with Crippen molar-refractivity contribution in [2.45, 2.75) is 19.8 Å². The Labute approximate surface area is 89.0 Å². The van der Waals surface area contributed by atoms with Crippen LogP contribution in [0.4, 0.5) is 5.69 Å². The van der Waals surface area contributed by atoms with Crippen LogP contribution in [0, 0.1) is 0 Å². The number of rotatable bonds is 4. The molecule has 3 heteroatoms. The molecule has 1 rings (SSSR count). The fourth-order valence-corrected chi connectivity index (χ4v) is 1.59. The van der Waals surface area contributed by atoms with Gasteiger partial charge < -0.3 is 5.32 Å². The van der Waals surface area contributed by atoms with Crippen LogP contribution < -0.4 is 5.32 Å². The highest BCUT2D eigenvalue weighted by Gasteiger charge is 1.96. The van der Waals surface area contributed by atoms with Gasteiger partial charge in [0.1, 0.15) is 0 Å². The Morgan fingerprint density at radius 3 is 2.31 bits per heavy atom. The van der Waals surface area contributed by atoms with Crippen LogP contribution in [0.15, 0.2) is 18.2 Å². The highest BCUT2D eigenvalue weighted by molar-refractivity contribution is 6.35. The second-order valence-corrected chi connectivity index (χ2v) is 3.81. The number of nitrogens with one attached hydrogen (secondary N) is 1. The number of halogens is 2. The van der Waals surface area contributed by atoms with E-state index >= 15 is 0 Å². The number of hydrogen-bond acceptors (Lipinski definition) is 1. The van der Waals surface area contributed by atoms with Crippen LogP contribution in [0.5, 0.6) is 0 Å². The molecule has 0 fully saturated rings. The van der Waals surface area contributed by atoms with Crippen molar-refractivity contribution in [2.24, 2.45) is 0 Å². The van der Waals surface area contributed by atoms with Gasteiger partial charge in [0.2, 0.25) is 0 Å². The van der Waals surface area contributed by atoms with Crippen molar-refractivity contribution in [3.05, 3.63) is 28.2 Å². The summed E-state index contributed by atoms with van der Waals surface area (Å²) in [4.78, 5) is 0. The lowest BCUT2D eigenvalue weighted by Crippen LogP contribution is -2.00. The van der Waals surface area contributed by atoms with Gasteiger partial charge in [0, 0.05) is 22.3 Å². The molecule has 0 unspecified atom stereocenters. The SMILES string of the molecule is CCCCNc1cc(Cl)cc(Cl)c1. The van der Waals surface area contributed by atoms with Gasteiger partial charge in [-0.3, -0.25) is 0 Å². The summed E-state index contributed by atoms with van der Waals surface area (Å²) in [7, 11) is 0. The van der Waals surface area contributed by atoms with Crippen LogP contribution in [-0.2, 0) is 0 Å². The van der Waals surface area contributed by atoms with E-state index in [-0.39, 0.29) is 0 Å². The predicted molar refractivity (Wildman–Crippen MR) is 59.9 cm³/mol. The molecular formula is C10H13Cl2N. The fourth-order valence-electron chi connectivity index (χ4n) is 1.07. The lowest BCUT2D eigenvalue weighted by atomic mass is 10.3. The molecule has 0 saturated heterocycles. The van der Waals surface area contributed by atoms with Gasteiger partial charge in [0.15, 0.2) is 0 Å². The molecule has 13 heavy (non-hydrogen) atoms. The zero-order valence-corrected chi connectivity index (χ0v) is 9.12. The summed E-state index contributed by atoms with van der Waals surface area (Å²) < 4.78 is 0. The Bertz CT molecular complexity index is 253. The van der Waals surface area contributed by atoms with Crippen LogP contribution in [0.3, 0.4) is 0 Å². The Balaban J connectivity index is 2.56. The van der Waals surface area contributed by atoms with E-state index in [0.29, 0.717) is 10.0 Å². The van der Waals surface area contributed by atoms with Crippen molar-refractivity contribution >= 4 is 28.9 Å². The van der Waals surface area contributed by atoms with E-state index in [4.69, 9.17) is 23.2 Å². The molecule has 0 saturated carbocycles. The molecule has 1 nitrogen and oxygen atoms in total. The third kappa shape index (κ3) is 3.88. The van der Waals surface area contributed by atoms with Crippen molar-refractivity contribution < 1.29 is 0 Å². The van der Waals surface area contributed by atoms with Gasteiger partial charge in [0.25, 0.3) is 0 Å². The highest BCUT2D eigenvalue weighted by Crippen LogP contribution is 2.22. The van der Waals surface area contributed by atoms with Gasteiger partial charge >= 0.3 is 0 Å². The third-order valence-corrected chi connectivity index (χ3v) is 2.16. The van der Waals surface area contributed by atoms with Gasteiger partial charge in [-0.05, 0) is 24.6 Å². The first-order chi connectivity index (χ1) is 6.22. The average molecular weight is 218 g/mol. The summed E-state index contributed by atoms with van der Waals surface area (Å²) in [5.74, 6) is 0. The molecular weight excluding hydrogens is 205 g/mol. The molecule has 72 valence electrons. The predicted octanol–water partition coefficient (Wildman–Crippen LogP) is 4.21. The third-order valence-electron chi connectivity index (χ3n) is 1.72. The first-order valence-electron chi connectivity index (χ1n) is 4.42. The number of hydrogen-bond donors (Lipinski definition) is 1. The standard InChI is InChI=1S/C10H13Cl2N/c1-2-3-4-13-10-6-8(11)5-9(12)7-10/h5-7,13H,2-4H2,1H3. The molecule has 0 bridgehead atoms. The van der Waals surface area contributed by atoms with E-state index in [2.05, 4.69) is 12.2 Å². The summed E-state index contributed by atoms with van der Waals surface area (Å²) in [5, 5.41) is 4.60. The molecule has 0 aromatic heterocycles. The van der Waals surface area contributed by atoms with E-state index in [0.717, 1.165) is 18.7 Å². The summed E-state index contributed by atoms with van der Waals surface area (Å²) in [6.07, 6.45) is 2.34. The largest absolute Gasteiger partial charge is 0.385 e. The second-order valence-electron chi connectivity index (χ2n) is 2.94. The monoisotopic (exact) mass is 217 g/mol. The molecule has 0 spiro atoms. The van der Waals surface area contributed by atoms with Gasteiger partial charge in [-0.2, -0.15) is 0 Å². The molecule has 0 radical (unpaired) electrons. The molecule has 0 amide bonds. The topological polar surface area (TPSA) is 12.0 Å². The highest BCUT2D eigenvalue weighted by atomic mass is 35.5. The zero-order chi connectivity index (χ0) is 9.68. The first-order valence-corrected chi connectivity index (χ1v) is 5.18. The lowest BCUT2D eigenvalue weighted by Gasteiger charge is -2.05. The summed E-state index contributed by atoms with van der Waals surface area (Å²) in [6.45, 7) is 3.12. The smallest absolute Gasteiger partial charge is 0.0441 e. The maximum absolute atomic E-state index is 5.84.